The fraction of sp³-hybridized carbons (Fsp3) is 0.700. The predicted octanol–water partition coefficient (Wildman–Crippen LogP) is 1.73. The molecule has 0 radical (unpaired) electrons. The van der Waals surface area contributed by atoms with Crippen LogP contribution in [0.4, 0.5) is 5.82 Å². The van der Waals surface area contributed by atoms with E-state index in [9.17, 15) is 0 Å². The van der Waals surface area contributed by atoms with Crippen LogP contribution in [0.2, 0.25) is 0 Å². The Morgan fingerprint density at radius 1 is 1.64 bits per heavy atom. The first-order valence-electron chi connectivity index (χ1n) is 5.26. The molecule has 2 N–H and O–H groups in total. The van der Waals surface area contributed by atoms with Gasteiger partial charge in [-0.1, -0.05) is 6.92 Å². The highest BCUT2D eigenvalue weighted by molar-refractivity contribution is 5.26. The van der Waals surface area contributed by atoms with Gasteiger partial charge in [0, 0.05) is 13.0 Å². The van der Waals surface area contributed by atoms with Crippen molar-refractivity contribution >= 4 is 5.82 Å². The second-order valence-corrected chi connectivity index (χ2v) is 3.66. The number of nitrogen functional groups attached to an aromatic ring is 1. The fourth-order valence-electron chi connectivity index (χ4n) is 1.91. The van der Waals surface area contributed by atoms with Crippen LogP contribution < -0.4 is 5.73 Å². The zero-order valence-corrected chi connectivity index (χ0v) is 8.57. The standard InChI is InChI=1S/C10H17N3O/c1-2-9-12-8(11)7-13(9)10-5-3-4-6-14-10/h7,10H,2-6,11H2,1H3. The summed E-state index contributed by atoms with van der Waals surface area (Å²) in [5, 5.41) is 0. The molecule has 1 fully saturated rings. The smallest absolute Gasteiger partial charge is 0.142 e. The van der Waals surface area contributed by atoms with Crippen LogP contribution in [0.25, 0.3) is 0 Å². The van der Waals surface area contributed by atoms with E-state index in [1.165, 1.54) is 12.8 Å². The molecule has 0 aliphatic carbocycles. The maximum Gasteiger partial charge on any atom is 0.142 e. The quantitative estimate of drug-likeness (QED) is 0.781. The summed E-state index contributed by atoms with van der Waals surface area (Å²) >= 11 is 0. The Kier molecular flexibility index (Phi) is 2.72. The average Bonchev–Trinajstić information content (AvgIpc) is 2.61. The summed E-state index contributed by atoms with van der Waals surface area (Å²) in [6.45, 7) is 2.94. The first kappa shape index (κ1) is 9.52. The number of nitrogens with two attached hydrogens (primary N) is 1. The molecule has 2 rings (SSSR count). The Hall–Kier alpha value is -1.03. The van der Waals surface area contributed by atoms with Gasteiger partial charge in [-0.05, 0) is 19.3 Å². The second-order valence-electron chi connectivity index (χ2n) is 3.66. The molecule has 1 aromatic heterocycles. The van der Waals surface area contributed by atoms with Crippen molar-refractivity contribution in [2.75, 3.05) is 12.3 Å². The number of imidazole rings is 1. The maximum atomic E-state index is 5.69. The molecule has 1 unspecified atom stereocenters. The third kappa shape index (κ3) is 1.75. The number of anilines is 1. The summed E-state index contributed by atoms with van der Waals surface area (Å²) < 4.78 is 7.77. The van der Waals surface area contributed by atoms with Crippen molar-refractivity contribution in [3.8, 4) is 0 Å². The number of nitrogens with zero attached hydrogens (tertiary/aromatic N) is 2. The van der Waals surface area contributed by atoms with Crippen molar-refractivity contribution in [1.82, 2.24) is 9.55 Å². The lowest BCUT2D eigenvalue weighted by atomic mass is 10.2. The van der Waals surface area contributed by atoms with E-state index in [4.69, 9.17) is 10.5 Å². The molecule has 4 nitrogen and oxygen atoms in total. The van der Waals surface area contributed by atoms with Gasteiger partial charge in [-0.15, -0.1) is 0 Å². The number of hydrogen-bond acceptors (Lipinski definition) is 3. The molecule has 78 valence electrons. The molecule has 1 aliphatic rings. The first-order valence-corrected chi connectivity index (χ1v) is 5.26. The van der Waals surface area contributed by atoms with E-state index >= 15 is 0 Å². The highest BCUT2D eigenvalue weighted by atomic mass is 16.5. The maximum absolute atomic E-state index is 5.69. The molecular weight excluding hydrogens is 178 g/mol. The lowest BCUT2D eigenvalue weighted by molar-refractivity contribution is -0.0334. The van der Waals surface area contributed by atoms with Crippen LogP contribution in [0.1, 0.15) is 38.2 Å². The monoisotopic (exact) mass is 195 g/mol. The molecule has 1 saturated heterocycles. The summed E-state index contributed by atoms with van der Waals surface area (Å²) in [6.07, 6.45) is 6.41. The van der Waals surface area contributed by atoms with E-state index in [0.29, 0.717) is 5.82 Å². The van der Waals surface area contributed by atoms with Gasteiger partial charge in [0.15, 0.2) is 0 Å². The molecule has 0 saturated carbocycles. The second kappa shape index (κ2) is 4.00. The number of ether oxygens (including phenoxy) is 1. The summed E-state index contributed by atoms with van der Waals surface area (Å²) in [4.78, 5) is 4.27. The summed E-state index contributed by atoms with van der Waals surface area (Å²) in [7, 11) is 0. The molecule has 2 heterocycles. The van der Waals surface area contributed by atoms with Crippen molar-refractivity contribution in [2.24, 2.45) is 0 Å². The van der Waals surface area contributed by atoms with Gasteiger partial charge in [0.2, 0.25) is 0 Å². The highest BCUT2D eigenvalue weighted by Gasteiger charge is 2.18. The van der Waals surface area contributed by atoms with Crippen molar-refractivity contribution in [3.05, 3.63) is 12.0 Å². The first-order chi connectivity index (χ1) is 6.81. The summed E-state index contributed by atoms with van der Waals surface area (Å²) in [5.74, 6) is 1.62. The van der Waals surface area contributed by atoms with Gasteiger partial charge in [0.1, 0.15) is 17.9 Å². The van der Waals surface area contributed by atoms with Crippen LogP contribution in [-0.2, 0) is 11.2 Å². The molecule has 14 heavy (non-hydrogen) atoms. The number of aryl methyl sites for hydroxylation is 1. The Bertz CT molecular complexity index is 302. The number of hydrogen-bond donors (Lipinski definition) is 1. The Labute approximate surface area is 84.1 Å². The largest absolute Gasteiger partial charge is 0.382 e. The van der Waals surface area contributed by atoms with Crippen LogP contribution in [0.5, 0.6) is 0 Å². The van der Waals surface area contributed by atoms with Gasteiger partial charge in [0.25, 0.3) is 0 Å². The molecule has 1 aliphatic heterocycles. The van der Waals surface area contributed by atoms with Crippen LogP contribution >= 0.6 is 0 Å². The Morgan fingerprint density at radius 2 is 2.50 bits per heavy atom. The minimum atomic E-state index is 0.156. The van der Waals surface area contributed by atoms with Crippen LogP contribution in [0.3, 0.4) is 0 Å². The van der Waals surface area contributed by atoms with Gasteiger partial charge in [-0.3, -0.25) is 0 Å². The zero-order chi connectivity index (χ0) is 9.97. The van der Waals surface area contributed by atoms with E-state index in [1.54, 1.807) is 0 Å². The van der Waals surface area contributed by atoms with E-state index < -0.39 is 0 Å². The molecule has 0 amide bonds. The molecule has 1 atom stereocenters. The number of aromatic nitrogens is 2. The Balaban J connectivity index is 2.20. The minimum absolute atomic E-state index is 0.156. The van der Waals surface area contributed by atoms with Crippen molar-refractivity contribution in [1.29, 1.82) is 0 Å². The SMILES string of the molecule is CCc1nc(N)cn1C1CCCCO1. The molecule has 0 spiro atoms. The van der Waals surface area contributed by atoms with Gasteiger partial charge in [0.05, 0.1) is 6.20 Å². The predicted molar refractivity (Wildman–Crippen MR) is 54.9 cm³/mol. The summed E-state index contributed by atoms with van der Waals surface area (Å²) in [6, 6.07) is 0. The lowest BCUT2D eigenvalue weighted by Crippen LogP contribution is -2.19. The average molecular weight is 195 g/mol. The van der Waals surface area contributed by atoms with E-state index in [0.717, 1.165) is 25.3 Å². The molecule has 0 bridgehead atoms. The fourth-order valence-corrected chi connectivity index (χ4v) is 1.91. The third-order valence-electron chi connectivity index (χ3n) is 2.61. The number of rotatable bonds is 2. The lowest BCUT2D eigenvalue weighted by Gasteiger charge is -2.24. The minimum Gasteiger partial charge on any atom is -0.382 e. The van der Waals surface area contributed by atoms with E-state index in [-0.39, 0.29) is 6.23 Å². The normalized spacial score (nSPS) is 22.5. The zero-order valence-electron chi connectivity index (χ0n) is 8.57. The van der Waals surface area contributed by atoms with Crippen molar-refractivity contribution < 1.29 is 4.74 Å². The topological polar surface area (TPSA) is 53.1 Å². The van der Waals surface area contributed by atoms with E-state index in [2.05, 4.69) is 16.5 Å². The van der Waals surface area contributed by atoms with Crippen LogP contribution in [-0.4, -0.2) is 16.2 Å². The van der Waals surface area contributed by atoms with E-state index in [1.807, 2.05) is 6.20 Å². The third-order valence-corrected chi connectivity index (χ3v) is 2.61. The highest BCUT2D eigenvalue weighted by Crippen LogP contribution is 2.24. The molecule has 1 aromatic rings. The van der Waals surface area contributed by atoms with Gasteiger partial charge >= 0.3 is 0 Å². The van der Waals surface area contributed by atoms with Gasteiger partial charge in [-0.25, -0.2) is 4.98 Å². The van der Waals surface area contributed by atoms with Crippen molar-refractivity contribution in [3.63, 3.8) is 0 Å². The molecule has 4 heteroatoms. The molecule has 0 aromatic carbocycles. The van der Waals surface area contributed by atoms with Crippen molar-refractivity contribution in [2.45, 2.75) is 38.8 Å². The van der Waals surface area contributed by atoms with Gasteiger partial charge in [-0.2, -0.15) is 0 Å². The Morgan fingerprint density at radius 3 is 3.14 bits per heavy atom. The van der Waals surface area contributed by atoms with Crippen LogP contribution in [0, 0.1) is 0 Å². The van der Waals surface area contributed by atoms with Gasteiger partial charge < -0.3 is 15.0 Å². The molecular formula is C10H17N3O. The van der Waals surface area contributed by atoms with Crippen LogP contribution in [0.15, 0.2) is 6.20 Å². The summed E-state index contributed by atoms with van der Waals surface area (Å²) in [5.41, 5.74) is 5.67.